The van der Waals surface area contributed by atoms with Crippen molar-refractivity contribution >= 4 is 44.4 Å². The lowest BCUT2D eigenvalue weighted by Crippen LogP contribution is -2.03. The van der Waals surface area contributed by atoms with Crippen LogP contribution in [0.5, 0.6) is 0 Å². The number of rotatable bonds is 2. The third-order valence-electron chi connectivity index (χ3n) is 4.09. The lowest BCUT2D eigenvalue weighted by Gasteiger charge is -2.06. The Kier molecular flexibility index (Phi) is 4.29. The molecular formula is C19H11ClF3NS2. The Balaban J connectivity index is 1.71. The molecule has 4 rings (SSSR count). The number of thiophene rings is 1. The van der Waals surface area contributed by atoms with Gasteiger partial charge < -0.3 is 0 Å². The van der Waals surface area contributed by atoms with Crippen molar-refractivity contribution in [3.63, 3.8) is 0 Å². The van der Waals surface area contributed by atoms with Crippen molar-refractivity contribution < 1.29 is 13.2 Å². The van der Waals surface area contributed by atoms with Crippen LogP contribution >= 0.6 is 34.3 Å². The molecule has 0 N–H and O–H groups in total. The van der Waals surface area contributed by atoms with Crippen LogP contribution in [0.4, 0.5) is 13.2 Å². The largest absolute Gasteiger partial charge is 0.416 e. The highest BCUT2D eigenvalue weighted by atomic mass is 35.5. The van der Waals surface area contributed by atoms with Crippen LogP contribution in [0.15, 0.2) is 47.8 Å². The molecule has 2 aromatic heterocycles. The highest BCUT2D eigenvalue weighted by molar-refractivity contribution is 7.22. The quantitative estimate of drug-likeness (QED) is 0.331. The lowest BCUT2D eigenvalue weighted by atomic mass is 10.1. The number of hydrogen-bond acceptors (Lipinski definition) is 3. The zero-order chi connectivity index (χ0) is 18.5. The maximum atomic E-state index is 12.7. The molecule has 0 atom stereocenters. The SMILES string of the molecule is Cc1c(-c2csc(-c3ccc(C(F)(F)F)cc3)n2)sc2ccc(Cl)cc12. The van der Waals surface area contributed by atoms with Gasteiger partial charge in [-0.05, 0) is 48.2 Å². The van der Waals surface area contributed by atoms with Crippen LogP contribution in [0.3, 0.4) is 0 Å². The first kappa shape index (κ1) is 17.5. The molecule has 132 valence electrons. The molecule has 2 aromatic carbocycles. The number of alkyl halides is 3. The summed E-state index contributed by atoms with van der Waals surface area (Å²) in [6.07, 6.45) is -4.33. The van der Waals surface area contributed by atoms with E-state index in [2.05, 4.69) is 4.98 Å². The summed E-state index contributed by atoms with van der Waals surface area (Å²) in [7, 11) is 0. The van der Waals surface area contributed by atoms with E-state index in [0.29, 0.717) is 15.6 Å². The molecule has 0 radical (unpaired) electrons. The maximum absolute atomic E-state index is 12.7. The summed E-state index contributed by atoms with van der Waals surface area (Å²) in [5, 5.41) is 4.42. The van der Waals surface area contributed by atoms with Crippen LogP contribution in [0.25, 0.3) is 31.2 Å². The van der Waals surface area contributed by atoms with Crippen molar-refractivity contribution in [2.75, 3.05) is 0 Å². The van der Waals surface area contributed by atoms with Gasteiger partial charge in [0.15, 0.2) is 0 Å². The molecule has 7 heteroatoms. The second kappa shape index (κ2) is 6.37. The number of aromatic nitrogens is 1. The molecule has 2 heterocycles. The first-order valence-corrected chi connectivity index (χ1v) is 9.72. The molecule has 0 aliphatic rings. The van der Waals surface area contributed by atoms with Crippen molar-refractivity contribution in [1.82, 2.24) is 4.98 Å². The topological polar surface area (TPSA) is 12.9 Å². The summed E-state index contributed by atoms with van der Waals surface area (Å²) in [6.45, 7) is 2.03. The van der Waals surface area contributed by atoms with Gasteiger partial charge in [-0.25, -0.2) is 4.98 Å². The van der Waals surface area contributed by atoms with E-state index < -0.39 is 11.7 Å². The monoisotopic (exact) mass is 409 g/mol. The average Bonchev–Trinajstić information content (AvgIpc) is 3.20. The van der Waals surface area contributed by atoms with Crippen molar-refractivity contribution in [3.05, 3.63) is 64.0 Å². The predicted molar refractivity (Wildman–Crippen MR) is 103 cm³/mol. The first-order valence-electron chi connectivity index (χ1n) is 7.65. The van der Waals surface area contributed by atoms with Crippen molar-refractivity contribution in [2.24, 2.45) is 0 Å². The van der Waals surface area contributed by atoms with Gasteiger partial charge in [0.1, 0.15) is 5.01 Å². The fourth-order valence-electron chi connectivity index (χ4n) is 2.75. The molecule has 0 saturated carbocycles. The molecule has 0 unspecified atom stereocenters. The number of hydrogen-bond donors (Lipinski definition) is 0. The fraction of sp³-hybridized carbons (Fsp3) is 0.105. The molecule has 1 nitrogen and oxygen atoms in total. The van der Waals surface area contributed by atoms with Crippen LogP contribution in [-0.4, -0.2) is 4.98 Å². The summed E-state index contributed by atoms with van der Waals surface area (Å²) >= 11 is 9.14. The average molecular weight is 410 g/mol. The van der Waals surface area contributed by atoms with Crippen LogP contribution in [0, 0.1) is 6.92 Å². The Bertz CT molecular complexity index is 1090. The number of aryl methyl sites for hydroxylation is 1. The minimum atomic E-state index is -4.33. The number of thiazole rings is 1. The van der Waals surface area contributed by atoms with Crippen LogP contribution in [-0.2, 0) is 6.18 Å². The summed E-state index contributed by atoms with van der Waals surface area (Å²) in [4.78, 5) is 5.69. The number of fused-ring (bicyclic) bond motifs is 1. The zero-order valence-corrected chi connectivity index (χ0v) is 15.8. The highest BCUT2D eigenvalue weighted by Gasteiger charge is 2.30. The summed E-state index contributed by atoms with van der Waals surface area (Å²) in [5.74, 6) is 0. The van der Waals surface area contributed by atoms with Gasteiger partial charge in [-0.15, -0.1) is 22.7 Å². The van der Waals surface area contributed by atoms with Gasteiger partial charge in [0.2, 0.25) is 0 Å². The summed E-state index contributed by atoms with van der Waals surface area (Å²) < 4.78 is 39.2. The zero-order valence-electron chi connectivity index (χ0n) is 13.4. The Morgan fingerprint density at radius 3 is 2.46 bits per heavy atom. The molecule has 0 bridgehead atoms. The van der Waals surface area contributed by atoms with E-state index in [0.717, 1.165) is 38.4 Å². The Labute approximate surface area is 160 Å². The van der Waals surface area contributed by atoms with Gasteiger partial charge in [0.25, 0.3) is 0 Å². The summed E-state index contributed by atoms with van der Waals surface area (Å²) in [5.41, 5.74) is 1.96. The minimum absolute atomic E-state index is 0.657. The second-order valence-corrected chi connectivity index (χ2v) is 8.16. The standard InChI is InChI=1S/C19H11ClF3NS2/c1-10-14-8-13(20)6-7-16(14)26-17(10)15-9-25-18(24-15)11-2-4-12(5-3-11)19(21,22)23/h2-9H,1H3. The van der Waals surface area contributed by atoms with E-state index in [9.17, 15) is 13.2 Å². The van der Waals surface area contributed by atoms with Gasteiger partial charge in [-0.2, -0.15) is 13.2 Å². The normalized spacial score (nSPS) is 12.0. The smallest absolute Gasteiger partial charge is 0.235 e. The Hall–Kier alpha value is -1.89. The molecule has 0 aliphatic heterocycles. The Morgan fingerprint density at radius 2 is 1.77 bits per heavy atom. The van der Waals surface area contributed by atoms with Crippen LogP contribution in [0.2, 0.25) is 5.02 Å². The number of benzene rings is 2. The van der Waals surface area contributed by atoms with E-state index in [4.69, 9.17) is 11.6 Å². The van der Waals surface area contributed by atoms with Gasteiger partial charge >= 0.3 is 6.18 Å². The first-order chi connectivity index (χ1) is 12.3. The molecule has 0 fully saturated rings. The van der Waals surface area contributed by atoms with Crippen molar-refractivity contribution in [2.45, 2.75) is 13.1 Å². The second-order valence-electron chi connectivity index (χ2n) is 5.81. The van der Waals surface area contributed by atoms with E-state index in [-0.39, 0.29) is 0 Å². The molecule has 0 spiro atoms. The Morgan fingerprint density at radius 1 is 1.04 bits per heavy atom. The van der Waals surface area contributed by atoms with Crippen molar-refractivity contribution in [3.8, 4) is 21.1 Å². The molecule has 26 heavy (non-hydrogen) atoms. The van der Waals surface area contributed by atoms with Gasteiger partial charge in [-0.3, -0.25) is 0 Å². The maximum Gasteiger partial charge on any atom is 0.416 e. The minimum Gasteiger partial charge on any atom is -0.235 e. The number of halogens is 4. The van der Waals surface area contributed by atoms with E-state index in [1.165, 1.54) is 23.5 Å². The molecular weight excluding hydrogens is 399 g/mol. The van der Waals surface area contributed by atoms with Crippen LogP contribution < -0.4 is 0 Å². The van der Waals surface area contributed by atoms with Gasteiger partial charge in [0.05, 0.1) is 16.1 Å². The third-order valence-corrected chi connectivity index (χ3v) is 6.52. The third kappa shape index (κ3) is 3.13. The molecule has 0 amide bonds. The van der Waals surface area contributed by atoms with Gasteiger partial charge in [0, 0.05) is 20.7 Å². The highest BCUT2D eigenvalue weighted by Crippen LogP contribution is 2.40. The van der Waals surface area contributed by atoms with Gasteiger partial charge in [-0.1, -0.05) is 23.7 Å². The molecule has 0 aliphatic carbocycles. The van der Waals surface area contributed by atoms with Crippen LogP contribution in [0.1, 0.15) is 11.1 Å². The fourth-order valence-corrected chi connectivity index (χ4v) is 4.96. The van der Waals surface area contributed by atoms with E-state index >= 15 is 0 Å². The summed E-state index contributed by atoms with van der Waals surface area (Å²) in [6, 6.07) is 10.9. The molecule has 0 saturated heterocycles. The van der Waals surface area contributed by atoms with E-state index in [1.807, 2.05) is 30.5 Å². The van der Waals surface area contributed by atoms with E-state index in [1.54, 1.807) is 11.3 Å². The lowest BCUT2D eigenvalue weighted by molar-refractivity contribution is -0.137. The predicted octanol–water partition coefficient (Wildman–Crippen LogP) is 7.67. The van der Waals surface area contributed by atoms with Crippen molar-refractivity contribution in [1.29, 1.82) is 0 Å². The molecule has 4 aromatic rings. The number of nitrogens with zero attached hydrogens (tertiary/aromatic N) is 1.